The van der Waals surface area contributed by atoms with Crippen LogP contribution in [0.4, 0.5) is 29.1 Å². The third-order valence-corrected chi connectivity index (χ3v) is 4.80. The highest BCUT2D eigenvalue weighted by atomic mass is 19.4. The third kappa shape index (κ3) is 5.80. The van der Waals surface area contributed by atoms with Crippen LogP contribution in [0, 0.1) is 5.82 Å². The molecule has 7 nitrogen and oxygen atoms in total. The Labute approximate surface area is 186 Å². The Balaban J connectivity index is 0.000000968. The fourth-order valence-electron chi connectivity index (χ4n) is 3.38. The Morgan fingerprint density at radius 1 is 1.21 bits per heavy atom. The first-order chi connectivity index (χ1) is 15.6. The second kappa shape index (κ2) is 9.90. The number of anilines is 2. The maximum Gasteiger partial charge on any atom is 0.410 e. The first kappa shape index (κ1) is 24.1. The minimum atomic E-state index is -4.60. The molecule has 0 aliphatic carbocycles. The third-order valence-electron chi connectivity index (χ3n) is 4.80. The van der Waals surface area contributed by atoms with Gasteiger partial charge in [0, 0.05) is 30.8 Å². The summed E-state index contributed by atoms with van der Waals surface area (Å²) in [5.41, 5.74) is 0.550. The number of phenols is 1. The summed E-state index contributed by atoms with van der Waals surface area (Å²) < 4.78 is 55.0. The second-order valence-corrected chi connectivity index (χ2v) is 7.22. The van der Waals surface area contributed by atoms with Crippen LogP contribution in [0.25, 0.3) is 0 Å². The van der Waals surface area contributed by atoms with Crippen molar-refractivity contribution in [1.29, 1.82) is 0 Å². The molecule has 4 N–H and O–H groups in total. The molecule has 2 atom stereocenters. The number of rotatable bonds is 3. The number of amides is 1. The number of nitrogens with zero attached hydrogens (tertiary/aromatic N) is 2. The van der Waals surface area contributed by atoms with Gasteiger partial charge in [-0.1, -0.05) is 18.2 Å². The van der Waals surface area contributed by atoms with Gasteiger partial charge < -0.3 is 20.8 Å². The minimum Gasteiger partial charge on any atom is -0.508 e. The Kier molecular flexibility index (Phi) is 7.22. The standard InChI is InChI=1S/C20H16F4N4O2.C2H6O/c21-12-6-4-11(5-7-12)15-9-17(20(22,23)24)28-18(26-15)10-16(27-28)19(30)25-13-2-1-3-14(29)8-13;1-2-3/h1-8,10,15,17,26,29H,9H2,(H,25,30);3H,2H2,1H3. The largest absolute Gasteiger partial charge is 0.508 e. The van der Waals surface area contributed by atoms with E-state index in [-0.39, 0.29) is 36.0 Å². The Hall–Kier alpha value is -3.60. The van der Waals surface area contributed by atoms with Gasteiger partial charge in [0.05, 0.1) is 6.04 Å². The van der Waals surface area contributed by atoms with Crippen molar-refractivity contribution in [3.05, 3.63) is 71.7 Å². The number of aromatic nitrogens is 2. The van der Waals surface area contributed by atoms with Crippen LogP contribution in [-0.2, 0) is 0 Å². The predicted molar refractivity (Wildman–Crippen MR) is 114 cm³/mol. The van der Waals surface area contributed by atoms with Crippen molar-refractivity contribution in [2.45, 2.75) is 31.6 Å². The normalized spacial score (nSPS) is 17.3. The molecule has 4 rings (SSSR count). The first-order valence-corrected chi connectivity index (χ1v) is 10.0. The van der Waals surface area contributed by atoms with Gasteiger partial charge >= 0.3 is 6.18 Å². The Bertz CT molecular complexity index is 1100. The lowest BCUT2D eigenvalue weighted by atomic mass is 9.97. The molecule has 0 fully saturated rings. The Morgan fingerprint density at radius 2 is 1.88 bits per heavy atom. The van der Waals surface area contributed by atoms with Gasteiger partial charge in [-0.2, -0.15) is 18.3 Å². The number of carbonyl (C=O) groups is 1. The number of hydrogen-bond donors (Lipinski definition) is 4. The van der Waals surface area contributed by atoms with Crippen LogP contribution in [-0.4, -0.2) is 38.7 Å². The summed E-state index contributed by atoms with van der Waals surface area (Å²) in [4.78, 5) is 12.5. The number of hydrogen-bond acceptors (Lipinski definition) is 5. The number of carbonyl (C=O) groups excluding carboxylic acids is 1. The molecule has 3 aromatic rings. The molecular weight excluding hydrogens is 444 g/mol. The zero-order valence-corrected chi connectivity index (χ0v) is 17.5. The first-order valence-electron chi connectivity index (χ1n) is 10.0. The van der Waals surface area contributed by atoms with E-state index in [2.05, 4.69) is 15.7 Å². The summed E-state index contributed by atoms with van der Waals surface area (Å²) in [6.07, 6.45) is -4.96. The molecular formula is C22H22F4N4O3. The Morgan fingerprint density at radius 3 is 2.48 bits per heavy atom. The highest BCUT2D eigenvalue weighted by Crippen LogP contribution is 2.43. The van der Waals surface area contributed by atoms with Gasteiger partial charge in [-0.05, 0) is 36.8 Å². The molecule has 0 saturated carbocycles. The van der Waals surface area contributed by atoms with Crippen LogP contribution >= 0.6 is 0 Å². The van der Waals surface area contributed by atoms with Gasteiger partial charge in [0.25, 0.3) is 5.91 Å². The second-order valence-electron chi connectivity index (χ2n) is 7.22. The van der Waals surface area contributed by atoms with Crippen molar-refractivity contribution in [2.75, 3.05) is 17.2 Å². The lowest BCUT2D eigenvalue weighted by Gasteiger charge is -2.33. The van der Waals surface area contributed by atoms with E-state index in [1.54, 1.807) is 6.92 Å². The van der Waals surface area contributed by atoms with E-state index in [0.29, 0.717) is 5.56 Å². The lowest BCUT2D eigenvalue weighted by Crippen LogP contribution is -2.35. The van der Waals surface area contributed by atoms with Crippen molar-refractivity contribution in [3.63, 3.8) is 0 Å². The van der Waals surface area contributed by atoms with Crippen LogP contribution in [0.5, 0.6) is 5.75 Å². The van der Waals surface area contributed by atoms with E-state index < -0.39 is 30.0 Å². The number of phenolic OH excluding ortho intramolecular Hbond substituents is 1. The molecule has 0 bridgehead atoms. The molecule has 1 amide bonds. The zero-order valence-electron chi connectivity index (χ0n) is 17.5. The number of aromatic hydroxyl groups is 1. The fraction of sp³-hybridized carbons (Fsp3) is 0.273. The maximum absolute atomic E-state index is 13.7. The summed E-state index contributed by atoms with van der Waals surface area (Å²) in [5.74, 6) is -1.25. The SMILES string of the molecule is CCO.O=C(Nc1cccc(O)c1)c1cc2n(n1)C(C(F)(F)F)CC(c1ccc(F)cc1)N2. The summed E-state index contributed by atoms with van der Waals surface area (Å²) >= 11 is 0. The summed E-state index contributed by atoms with van der Waals surface area (Å²) in [6, 6.07) is 9.49. The molecule has 0 spiro atoms. The van der Waals surface area contributed by atoms with E-state index in [9.17, 15) is 27.5 Å². The highest BCUT2D eigenvalue weighted by molar-refractivity contribution is 6.03. The highest BCUT2D eigenvalue weighted by Gasteiger charge is 2.46. The molecule has 1 aliphatic rings. The van der Waals surface area contributed by atoms with Crippen LogP contribution in [0.15, 0.2) is 54.6 Å². The van der Waals surface area contributed by atoms with E-state index in [1.165, 1.54) is 54.6 Å². The van der Waals surface area contributed by atoms with Gasteiger partial charge in [-0.3, -0.25) is 4.79 Å². The molecule has 1 aliphatic heterocycles. The van der Waals surface area contributed by atoms with E-state index in [0.717, 1.165) is 4.68 Å². The van der Waals surface area contributed by atoms with Gasteiger partial charge in [-0.25, -0.2) is 9.07 Å². The average Bonchev–Trinajstić information content (AvgIpc) is 3.18. The number of aliphatic hydroxyl groups excluding tert-OH is 1. The lowest BCUT2D eigenvalue weighted by molar-refractivity contribution is -0.173. The number of alkyl halides is 3. The summed E-state index contributed by atoms with van der Waals surface area (Å²) in [6.45, 7) is 1.93. The van der Waals surface area contributed by atoms with E-state index in [4.69, 9.17) is 5.11 Å². The molecule has 33 heavy (non-hydrogen) atoms. The minimum absolute atomic E-state index is 0.0268. The van der Waals surface area contributed by atoms with Gasteiger partial charge in [0.1, 0.15) is 17.4 Å². The maximum atomic E-state index is 13.7. The smallest absolute Gasteiger partial charge is 0.410 e. The topological polar surface area (TPSA) is 99.4 Å². The van der Waals surface area contributed by atoms with Crippen molar-refractivity contribution in [1.82, 2.24) is 9.78 Å². The molecule has 2 aromatic carbocycles. The molecule has 2 unspecified atom stereocenters. The average molecular weight is 466 g/mol. The van der Waals surface area contributed by atoms with Crippen molar-refractivity contribution < 1.29 is 32.6 Å². The number of benzene rings is 2. The number of aliphatic hydroxyl groups is 1. The van der Waals surface area contributed by atoms with Crippen molar-refractivity contribution in [3.8, 4) is 5.75 Å². The number of halogens is 4. The van der Waals surface area contributed by atoms with Crippen LogP contribution in [0.3, 0.4) is 0 Å². The van der Waals surface area contributed by atoms with Gasteiger partial charge in [0.2, 0.25) is 0 Å². The van der Waals surface area contributed by atoms with E-state index in [1.807, 2.05) is 0 Å². The van der Waals surface area contributed by atoms with Crippen LogP contribution in [0.1, 0.15) is 41.5 Å². The predicted octanol–water partition coefficient (Wildman–Crippen LogP) is 4.64. The molecule has 176 valence electrons. The van der Waals surface area contributed by atoms with Crippen LogP contribution in [0.2, 0.25) is 0 Å². The summed E-state index contributed by atoms with van der Waals surface area (Å²) in [7, 11) is 0. The molecule has 0 saturated heterocycles. The number of fused-ring (bicyclic) bond motifs is 1. The quantitative estimate of drug-likeness (QED) is 0.422. The molecule has 11 heteroatoms. The monoisotopic (exact) mass is 466 g/mol. The molecule has 2 heterocycles. The van der Waals surface area contributed by atoms with Gasteiger partial charge in [0.15, 0.2) is 11.7 Å². The molecule has 1 aromatic heterocycles. The van der Waals surface area contributed by atoms with Gasteiger partial charge in [-0.15, -0.1) is 0 Å². The zero-order chi connectivity index (χ0) is 24.2. The summed E-state index contributed by atoms with van der Waals surface area (Å²) in [5, 5.41) is 26.3. The number of nitrogens with one attached hydrogen (secondary N) is 2. The van der Waals surface area contributed by atoms with Crippen molar-refractivity contribution in [2.24, 2.45) is 0 Å². The molecule has 0 radical (unpaired) electrons. The van der Waals surface area contributed by atoms with Crippen molar-refractivity contribution >= 4 is 17.4 Å². The fourth-order valence-corrected chi connectivity index (χ4v) is 3.38. The van der Waals surface area contributed by atoms with E-state index >= 15 is 0 Å². The van der Waals surface area contributed by atoms with Crippen LogP contribution < -0.4 is 10.6 Å².